The van der Waals surface area contributed by atoms with Crippen molar-refractivity contribution < 1.29 is 24.1 Å². The molecule has 1 amide bonds. The maximum Gasteiger partial charge on any atom is 0.407 e. The standard InChI is InChI=1S/C19H23ClN4O5/c1-27-14-8-11(9-15(28-2)17(14)29-3)22-18-21-10-12(20)16(23-18)13-6-4-5-7-24(13)19(25)26/h8-10,13H,4-7H2,1-3H3,(H,25,26)(H,21,22,23)/t13-/m0/s1. The average Bonchev–Trinajstić information content (AvgIpc) is 2.74. The molecule has 1 aromatic heterocycles. The summed E-state index contributed by atoms with van der Waals surface area (Å²) >= 11 is 6.31. The summed E-state index contributed by atoms with van der Waals surface area (Å²) in [5.74, 6) is 1.72. The Morgan fingerprint density at radius 3 is 2.48 bits per heavy atom. The first-order valence-electron chi connectivity index (χ1n) is 9.07. The van der Waals surface area contributed by atoms with Gasteiger partial charge < -0.3 is 24.6 Å². The molecule has 156 valence electrons. The predicted octanol–water partition coefficient (Wildman–Crippen LogP) is 4.10. The number of amides is 1. The minimum atomic E-state index is -0.983. The predicted molar refractivity (Wildman–Crippen MR) is 108 cm³/mol. The largest absolute Gasteiger partial charge is 0.493 e. The van der Waals surface area contributed by atoms with Crippen LogP contribution in [-0.4, -0.2) is 53.9 Å². The summed E-state index contributed by atoms with van der Waals surface area (Å²) in [7, 11) is 4.59. The number of carboxylic acid groups (broad SMARTS) is 1. The van der Waals surface area contributed by atoms with Crippen molar-refractivity contribution in [1.29, 1.82) is 0 Å². The van der Waals surface area contributed by atoms with Crippen molar-refractivity contribution in [3.8, 4) is 17.2 Å². The van der Waals surface area contributed by atoms with Gasteiger partial charge in [-0.15, -0.1) is 0 Å². The SMILES string of the molecule is COc1cc(Nc2ncc(Cl)c([C@@H]3CCCCN3C(=O)O)n2)cc(OC)c1OC. The third-order valence-corrected chi connectivity index (χ3v) is 5.05. The molecule has 0 saturated carbocycles. The smallest absolute Gasteiger partial charge is 0.407 e. The Morgan fingerprint density at radius 1 is 1.21 bits per heavy atom. The van der Waals surface area contributed by atoms with E-state index in [0.717, 1.165) is 12.8 Å². The van der Waals surface area contributed by atoms with E-state index in [4.69, 9.17) is 25.8 Å². The highest BCUT2D eigenvalue weighted by molar-refractivity contribution is 6.31. The molecule has 3 rings (SSSR count). The fourth-order valence-electron chi connectivity index (χ4n) is 3.40. The fourth-order valence-corrected chi connectivity index (χ4v) is 3.62. The van der Waals surface area contributed by atoms with Crippen molar-refractivity contribution in [3.05, 3.63) is 29.0 Å². The number of anilines is 2. The molecule has 2 N–H and O–H groups in total. The van der Waals surface area contributed by atoms with Gasteiger partial charge in [-0.2, -0.15) is 0 Å². The Kier molecular flexibility index (Phi) is 6.48. The lowest BCUT2D eigenvalue weighted by molar-refractivity contribution is 0.105. The third-order valence-electron chi connectivity index (χ3n) is 4.76. The fraction of sp³-hybridized carbons (Fsp3) is 0.421. The number of likely N-dealkylation sites (tertiary alicyclic amines) is 1. The van der Waals surface area contributed by atoms with Crippen LogP contribution in [0.15, 0.2) is 18.3 Å². The van der Waals surface area contributed by atoms with Crippen LogP contribution in [-0.2, 0) is 0 Å². The van der Waals surface area contributed by atoms with Crippen LogP contribution in [0.1, 0.15) is 31.0 Å². The van der Waals surface area contributed by atoms with Crippen molar-refractivity contribution in [2.24, 2.45) is 0 Å². The Balaban J connectivity index is 1.93. The summed E-state index contributed by atoms with van der Waals surface area (Å²) in [6, 6.07) is 3.05. The zero-order chi connectivity index (χ0) is 21.0. The molecule has 1 aliphatic heterocycles. The van der Waals surface area contributed by atoms with E-state index in [2.05, 4.69) is 15.3 Å². The van der Waals surface area contributed by atoms with Crippen LogP contribution in [0.2, 0.25) is 5.02 Å². The Morgan fingerprint density at radius 2 is 1.90 bits per heavy atom. The quantitative estimate of drug-likeness (QED) is 0.716. The average molecular weight is 423 g/mol. The van der Waals surface area contributed by atoms with Gasteiger partial charge in [0.25, 0.3) is 0 Å². The highest BCUT2D eigenvalue weighted by Crippen LogP contribution is 2.40. The number of hydrogen-bond acceptors (Lipinski definition) is 7. The number of rotatable bonds is 6. The van der Waals surface area contributed by atoms with Gasteiger partial charge in [0.05, 0.1) is 44.3 Å². The molecule has 10 heteroatoms. The normalized spacial score (nSPS) is 16.3. The van der Waals surface area contributed by atoms with Crippen LogP contribution < -0.4 is 19.5 Å². The second-order valence-electron chi connectivity index (χ2n) is 6.45. The number of aromatic nitrogens is 2. The van der Waals surface area contributed by atoms with Crippen molar-refractivity contribution in [2.45, 2.75) is 25.3 Å². The third kappa shape index (κ3) is 4.40. The Bertz CT molecular complexity index is 870. The first-order chi connectivity index (χ1) is 14.0. The zero-order valence-electron chi connectivity index (χ0n) is 16.4. The second kappa shape index (κ2) is 9.04. The lowest BCUT2D eigenvalue weighted by Gasteiger charge is -2.33. The summed E-state index contributed by atoms with van der Waals surface area (Å²) in [4.78, 5) is 21.7. The lowest BCUT2D eigenvalue weighted by atomic mass is 9.99. The summed E-state index contributed by atoms with van der Waals surface area (Å²) in [5.41, 5.74) is 1.10. The van der Waals surface area contributed by atoms with Crippen LogP contribution in [0.5, 0.6) is 17.2 Å². The van der Waals surface area contributed by atoms with Gasteiger partial charge in [0.15, 0.2) is 11.5 Å². The minimum Gasteiger partial charge on any atom is -0.493 e. The molecule has 9 nitrogen and oxygen atoms in total. The minimum absolute atomic E-state index is 0.287. The zero-order valence-corrected chi connectivity index (χ0v) is 17.2. The molecular weight excluding hydrogens is 400 g/mol. The number of nitrogens with zero attached hydrogens (tertiary/aromatic N) is 3. The number of carbonyl (C=O) groups is 1. The maximum atomic E-state index is 11.6. The molecule has 2 heterocycles. The van der Waals surface area contributed by atoms with E-state index in [-0.39, 0.29) is 5.95 Å². The van der Waals surface area contributed by atoms with Gasteiger partial charge in [0.2, 0.25) is 11.7 Å². The van der Waals surface area contributed by atoms with Gasteiger partial charge in [-0.05, 0) is 19.3 Å². The Hall–Kier alpha value is -2.94. The van der Waals surface area contributed by atoms with Gasteiger partial charge in [-0.3, -0.25) is 4.90 Å². The molecule has 0 spiro atoms. The number of halogens is 1. The number of benzene rings is 1. The van der Waals surface area contributed by atoms with E-state index >= 15 is 0 Å². The van der Waals surface area contributed by atoms with Crippen molar-refractivity contribution in [1.82, 2.24) is 14.9 Å². The highest BCUT2D eigenvalue weighted by atomic mass is 35.5. The monoisotopic (exact) mass is 422 g/mol. The molecule has 1 fully saturated rings. The summed E-state index contributed by atoms with van der Waals surface area (Å²) in [5, 5.41) is 12.9. The molecule has 1 aliphatic rings. The lowest BCUT2D eigenvalue weighted by Crippen LogP contribution is -2.38. The van der Waals surface area contributed by atoms with E-state index < -0.39 is 12.1 Å². The van der Waals surface area contributed by atoms with E-state index in [1.165, 1.54) is 32.4 Å². The number of nitrogens with one attached hydrogen (secondary N) is 1. The molecule has 0 radical (unpaired) electrons. The molecule has 0 unspecified atom stereocenters. The van der Waals surface area contributed by atoms with E-state index in [0.29, 0.717) is 46.6 Å². The van der Waals surface area contributed by atoms with E-state index in [9.17, 15) is 9.90 Å². The van der Waals surface area contributed by atoms with Crippen LogP contribution >= 0.6 is 11.6 Å². The van der Waals surface area contributed by atoms with Gasteiger partial charge in [-0.25, -0.2) is 14.8 Å². The molecule has 0 bridgehead atoms. The molecular formula is C19H23ClN4O5. The summed E-state index contributed by atoms with van der Waals surface area (Å²) in [6.45, 7) is 0.454. The van der Waals surface area contributed by atoms with Gasteiger partial charge in [0.1, 0.15) is 0 Å². The topological polar surface area (TPSA) is 106 Å². The molecule has 1 aromatic carbocycles. The summed E-state index contributed by atoms with van der Waals surface area (Å²) < 4.78 is 16.0. The number of ether oxygens (including phenoxy) is 3. The van der Waals surface area contributed by atoms with Crippen molar-refractivity contribution in [3.63, 3.8) is 0 Å². The number of methoxy groups -OCH3 is 3. The number of hydrogen-bond donors (Lipinski definition) is 2. The molecule has 0 aliphatic carbocycles. The molecule has 1 atom stereocenters. The highest BCUT2D eigenvalue weighted by Gasteiger charge is 2.30. The second-order valence-corrected chi connectivity index (χ2v) is 6.86. The van der Waals surface area contributed by atoms with Crippen LogP contribution in [0.4, 0.5) is 16.4 Å². The van der Waals surface area contributed by atoms with Gasteiger partial charge in [0, 0.05) is 24.4 Å². The van der Waals surface area contributed by atoms with Crippen LogP contribution in [0.3, 0.4) is 0 Å². The molecule has 2 aromatic rings. The first-order valence-corrected chi connectivity index (χ1v) is 9.45. The molecule has 29 heavy (non-hydrogen) atoms. The summed E-state index contributed by atoms with van der Waals surface area (Å²) in [6.07, 6.45) is 2.88. The first kappa shape index (κ1) is 20.8. The Labute approximate surface area is 173 Å². The van der Waals surface area contributed by atoms with Crippen LogP contribution in [0.25, 0.3) is 0 Å². The molecule has 1 saturated heterocycles. The van der Waals surface area contributed by atoms with Crippen molar-refractivity contribution in [2.75, 3.05) is 33.2 Å². The van der Waals surface area contributed by atoms with Crippen molar-refractivity contribution >= 4 is 29.3 Å². The number of piperidine rings is 1. The van der Waals surface area contributed by atoms with Gasteiger partial charge in [-0.1, -0.05) is 11.6 Å². The van der Waals surface area contributed by atoms with Crippen LogP contribution in [0, 0.1) is 0 Å². The van der Waals surface area contributed by atoms with Gasteiger partial charge >= 0.3 is 6.09 Å². The van der Waals surface area contributed by atoms with E-state index in [1.807, 2.05) is 0 Å². The maximum absolute atomic E-state index is 11.6. The van der Waals surface area contributed by atoms with E-state index in [1.54, 1.807) is 12.1 Å².